The lowest BCUT2D eigenvalue weighted by molar-refractivity contribution is -0.120. The predicted octanol–water partition coefficient (Wildman–Crippen LogP) is 0.927. The summed E-state index contributed by atoms with van der Waals surface area (Å²) in [5.74, 6) is -0.0865. The minimum absolute atomic E-state index is 0.0401. The zero-order valence-electron chi connectivity index (χ0n) is 12.4. The summed E-state index contributed by atoms with van der Waals surface area (Å²) < 4.78 is 18.4. The van der Waals surface area contributed by atoms with Crippen molar-refractivity contribution >= 4 is 5.91 Å². The quantitative estimate of drug-likeness (QED) is 0.634. The van der Waals surface area contributed by atoms with Crippen LogP contribution in [-0.4, -0.2) is 43.4 Å². The van der Waals surface area contributed by atoms with E-state index in [1.807, 2.05) is 13.8 Å². The third-order valence-electron chi connectivity index (χ3n) is 2.64. The van der Waals surface area contributed by atoms with Crippen molar-refractivity contribution in [2.75, 3.05) is 26.2 Å². The predicted molar refractivity (Wildman–Crippen MR) is 78.6 cm³/mol. The molecule has 1 atom stereocenters. The van der Waals surface area contributed by atoms with Crippen molar-refractivity contribution in [3.63, 3.8) is 0 Å². The second-order valence-corrected chi connectivity index (χ2v) is 5.22. The Morgan fingerprint density at radius 2 is 2.05 bits per heavy atom. The molecule has 1 unspecified atom stereocenters. The maximum Gasteiger partial charge on any atom is 0.233 e. The number of aliphatic hydroxyl groups excluding tert-OH is 1. The molecule has 0 aliphatic carbocycles. The summed E-state index contributed by atoms with van der Waals surface area (Å²) in [6.07, 6.45) is -0.817. The van der Waals surface area contributed by atoms with Gasteiger partial charge in [-0.2, -0.15) is 0 Å². The molecule has 5 nitrogen and oxygen atoms in total. The van der Waals surface area contributed by atoms with Gasteiger partial charge in [0.25, 0.3) is 0 Å². The van der Waals surface area contributed by atoms with E-state index in [0.717, 1.165) is 0 Å². The lowest BCUT2D eigenvalue weighted by Gasteiger charge is -2.14. The fourth-order valence-electron chi connectivity index (χ4n) is 1.54. The molecule has 0 bridgehead atoms. The second kappa shape index (κ2) is 9.31. The number of nitrogens with one attached hydrogen (secondary N) is 2. The molecule has 0 heterocycles. The number of benzene rings is 1. The molecule has 0 aliphatic rings. The molecule has 3 N–H and O–H groups in total. The van der Waals surface area contributed by atoms with Gasteiger partial charge in [-0.3, -0.25) is 4.79 Å². The summed E-state index contributed by atoms with van der Waals surface area (Å²) in [5, 5.41) is 15.3. The monoisotopic (exact) mass is 298 g/mol. The number of aliphatic hydroxyl groups is 1. The SMILES string of the molecule is CC(C)CNC(=O)CNCC(O)COc1ccccc1F. The van der Waals surface area contributed by atoms with Crippen molar-refractivity contribution in [1.29, 1.82) is 0 Å². The number of carbonyl (C=O) groups excluding carboxylic acids is 1. The van der Waals surface area contributed by atoms with Gasteiger partial charge < -0.3 is 20.5 Å². The fraction of sp³-hybridized carbons (Fsp3) is 0.533. The highest BCUT2D eigenvalue weighted by Gasteiger charge is 2.08. The first-order valence-corrected chi connectivity index (χ1v) is 7.02. The highest BCUT2D eigenvalue weighted by molar-refractivity contribution is 5.77. The van der Waals surface area contributed by atoms with Gasteiger partial charge in [0.15, 0.2) is 11.6 Å². The number of ether oxygens (including phenoxy) is 1. The van der Waals surface area contributed by atoms with Crippen molar-refractivity contribution in [3.05, 3.63) is 30.1 Å². The molecule has 6 heteroatoms. The molecule has 0 spiro atoms. The molecule has 0 fully saturated rings. The van der Waals surface area contributed by atoms with E-state index in [0.29, 0.717) is 12.5 Å². The van der Waals surface area contributed by atoms with Crippen LogP contribution in [0.2, 0.25) is 0 Å². The summed E-state index contributed by atoms with van der Waals surface area (Å²) in [6, 6.07) is 6.01. The second-order valence-electron chi connectivity index (χ2n) is 5.22. The molecular weight excluding hydrogens is 275 g/mol. The zero-order chi connectivity index (χ0) is 15.7. The number of rotatable bonds is 9. The number of halogens is 1. The van der Waals surface area contributed by atoms with Gasteiger partial charge >= 0.3 is 0 Å². The van der Waals surface area contributed by atoms with E-state index < -0.39 is 11.9 Å². The minimum atomic E-state index is -0.817. The minimum Gasteiger partial charge on any atom is -0.488 e. The Kier molecular flexibility index (Phi) is 7.71. The zero-order valence-corrected chi connectivity index (χ0v) is 12.4. The van der Waals surface area contributed by atoms with E-state index >= 15 is 0 Å². The summed E-state index contributed by atoms with van der Waals surface area (Å²) in [4.78, 5) is 11.4. The Morgan fingerprint density at radius 1 is 1.33 bits per heavy atom. The smallest absolute Gasteiger partial charge is 0.233 e. The summed E-state index contributed by atoms with van der Waals surface area (Å²) in [6.45, 7) is 4.93. The lowest BCUT2D eigenvalue weighted by atomic mass is 10.2. The number of hydrogen-bond donors (Lipinski definition) is 3. The van der Waals surface area contributed by atoms with Gasteiger partial charge in [-0.05, 0) is 18.1 Å². The summed E-state index contributed by atoms with van der Waals surface area (Å²) in [7, 11) is 0. The largest absolute Gasteiger partial charge is 0.488 e. The van der Waals surface area contributed by atoms with Crippen LogP contribution in [0.1, 0.15) is 13.8 Å². The first-order chi connectivity index (χ1) is 9.99. The van der Waals surface area contributed by atoms with E-state index in [2.05, 4.69) is 10.6 Å². The molecule has 1 rings (SSSR count). The van der Waals surface area contributed by atoms with Gasteiger partial charge in [0.1, 0.15) is 12.7 Å². The van der Waals surface area contributed by atoms with Crippen LogP contribution in [-0.2, 0) is 4.79 Å². The molecular formula is C15H23FN2O3. The van der Waals surface area contributed by atoms with Crippen molar-refractivity contribution in [1.82, 2.24) is 10.6 Å². The van der Waals surface area contributed by atoms with E-state index in [-0.39, 0.29) is 31.4 Å². The van der Waals surface area contributed by atoms with Gasteiger partial charge in [0.2, 0.25) is 5.91 Å². The first-order valence-electron chi connectivity index (χ1n) is 7.02. The number of carbonyl (C=O) groups is 1. The number of amides is 1. The molecule has 1 amide bonds. The van der Waals surface area contributed by atoms with E-state index in [4.69, 9.17) is 4.74 Å². The molecule has 1 aromatic carbocycles. The Hall–Kier alpha value is -1.66. The highest BCUT2D eigenvalue weighted by atomic mass is 19.1. The number of para-hydroxylation sites is 1. The van der Waals surface area contributed by atoms with Crippen LogP contribution in [0, 0.1) is 11.7 Å². The molecule has 1 aromatic rings. The van der Waals surface area contributed by atoms with Crippen molar-refractivity contribution in [2.24, 2.45) is 5.92 Å². The molecule has 0 aromatic heterocycles. The number of hydrogen-bond acceptors (Lipinski definition) is 4. The molecule has 21 heavy (non-hydrogen) atoms. The first kappa shape index (κ1) is 17.4. The van der Waals surface area contributed by atoms with Gasteiger partial charge in [-0.25, -0.2) is 4.39 Å². The Balaban J connectivity index is 2.15. The van der Waals surface area contributed by atoms with Crippen LogP contribution in [0.25, 0.3) is 0 Å². The maximum absolute atomic E-state index is 13.3. The van der Waals surface area contributed by atoms with E-state index in [9.17, 15) is 14.3 Å². The van der Waals surface area contributed by atoms with Crippen LogP contribution in [0.4, 0.5) is 4.39 Å². The van der Waals surface area contributed by atoms with Gasteiger partial charge in [0.05, 0.1) is 6.54 Å². The molecule has 118 valence electrons. The average Bonchev–Trinajstić information content (AvgIpc) is 2.44. The Morgan fingerprint density at radius 3 is 2.71 bits per heavy atom. The average molecular weight is 298 g/mol. The van der Waals surface area contributed by atoms with Gasteiger partial charge in [-0.1, -0.05) is 26.0 Å². The summed E-state index contributed by atoms with van der Waals surface area (Å²) >= 11 is 0. The Bertz CT molecular complexity index is 441. The third-order valence-corrected chi connectivity index (χ3v) is 2.64. The molecule has 0 aliphatic heterocycles. The Labute approximate surface area is 124 Å². The van der Waals surface area contributed by atoms with Crippen molar-refractivity contribution in [3.8, 4) is 5.75 Å². The lowest BCUT2D eigenvalue weighted by Crippen LogP contribution is -2.39. The molecule has 0 saturated carbocycles. The standard InChI is InChI=1S/C15H23FN2O3/c1-11(2)7-18-15(20)9-17-8-12(19)10-21-14-6-4-3-5-13(14)16/h3-6,11-12,17,19H,7-10H2,1-2H3,(H,18,20). The third kappa shape index (κ3) is 7.63. The fourth-order valence-corrected chi connectivity index (χ4v) is 1.54. The molecule has 0 saturated heterocycles. The maximum atomic E-state index is 13.3. The van der Waals surface area contributed by atoms with E-state index in [1.165, 1.54) is 12.1 Å². The van der Waals surface area contributed by atoms with Gasteiger partial charge in [-0.15, -0.1) is 0 Å². The summed E-state index contributed by atoms with van der Waals surface area (Å²) in [5.41, 5.74) is 0. The van der Waals surface area contributed by atoms with Gasteiger partial charge in [0, 0.05) is 13.1 Å². The topological polar surface area (TPSA) is 70.6 Å². The van der Waals surface area contributed by atoms with Crippen molar-refractivity contribution < 1.29 is 19.0 Å². The highest BCUT2D eigenvalue weighted by Crippen LogP contribution is 2.15. The van der Waals surface area contributed by atoms with Crippen LogP contribution >= 0.6 is 0 Å². The van der Waals surface area contributed by atoms with Crippen molar-refractivity contribution in [2.45, 2.75) is 20.0 Å². The van der Waals surface area contributed by atoms with Crippen LogP contribution in [0.15, 0.2) is 24.3 Å². The van der Waals surface area contributed by atoms with E-state index in [1.54, 1.807) is 12.1 Å². The van der Waals surface area contributed by atoms with Crippen LogP contribution in [0.3, 0.4) is 0 Å². The van der Waals surface area contributed by atoms with Crippen LogP contribution < -0.4 is 15.4 Å². The normalized spacial score (nSPS) is 12.2. The molecule has 0 radical (unpaired) electrons. The van der Waals surface area contributed by atoms with Crippen LogP contribution in [0.5, 0.6) is 5.75 Å².